The largest absolute Gasteiger partial charge is 0.465 e. The first-order valence-corrected chi connectivity index (χ1v) is 9.28. The summed E-state index contributed by atoms with van der Waals surface area (Å²) in [5.74, 6) is -1.99. The van der Waals surface area contributed by atoms with Crippen LogP contribution in [0.5, 0.6) is 0 Å². The monoisotopic (exact) mass is 417 g/mol. The van der Waals surface area contributed by atoms with Crippen LogP contribution in [0.2, 0.25) is 0 Å². The summed E-state index contributed by atoms with van der Waals surface area (Å²) in [5, 5.41) is 10.9. The molecule has 1 amide bonds. The maximum absolute atomic E-state index is 12.2. The molecule has 8 heteroatoms. The Morgan fingerprint density at radius 1 is 0.742 bits per heavy atom. The number of benzene rings is 3. The smallest absolute Gasteiger partial charge is 0.339 e. The molecule has 8 nitrogen and oxygen atoms in total. The summed E-state index contributed by atoms with van der Waals surface area (Å²) < 4.78 is 9.66. The molecule has 0 saturated heterocycles. The van der Waals surface area contributed by atoms with E-state index in [1.807, 2.05) is 30.3 Å². The third kappa shape index (κ3) is 6.07. The molecule has 0 spiro atoms. The number of esters is 2. The molecule has 0 radical (unpaired) electrons. The molecule has 0 heterocycles. The topological polar surface area (TPSA) is 106 Å². The summed E-state index contributed by atoms with van der Waals surface area (Å²) in [7, 11) is 1.21. The SMILES string of the molecule is COC(=O)c1ccccc1C(=O)OCC(=O)Nc1ccc(N=Nc2ccccc2)cc1. The van der Waals surface area contributed by atoms with E-state index in [4.69, 9.17) is 4.74 Å². The minimum Gasteiger partial charge on any atom is -0.465 e. The third-order valence-corrected chi connectivity index (χ3v) is 4.07. The van der Waals surface area contributed by atoms with Crippen molar-refractivity contribution < 1.29 is 23.9 Å². The number of carbonyl (C=O) groups excluding carboxylic acids is 3. The first-order chi connectivity index (χ1) is 15.1. The Bertz CT molecular complexity index is 1100. The molecule has 0 fully saturated rings. The van der Waals surface area contributed by atoms with Gasteiger partial charge in [-0.15, -0.1) is 0 Å². The molecule has 0 aromatic heterocycles. The van der Waals surface area contributed by atoms with E-state index >= 15 is 0 Å². The van der Waals surface area contributed by atoms with Gasteiger partial charge in [-0.25, -0.2) is 9.59 Å². The fourth-order valence-electron chi connectivity index (χ4n) is 2.58. The zero-order chi connectivity index (χ0) is 22.1. The van der Waals surface area contributed by atoms with Gasteiger partial charge >= 0.3 is 11.9 Å². The van der Waals surface area contributed by atoms with Crippen LogP contribution in [0.25, 0.3) is 0 Å². The van der Waals surface area contributed by atoms with Crippen LogP contribution >= 0.6 is 0 Å². The average molecular weight is 417 g/mol. The standard InChI is InChI=1S/C23H19N3O5/c1-30-22(28)19-9-5-6-10-20(19)23(29)31-15-21(27)24-16-11-13-18(14-12-16)26-25-17-7-3-2-4-8-17/h2-14H,15H2,1H3,(H,24,27). The van der Waals surface area contributed by atoms with E-state index in [9.17, 15) is 14.4 Å². The first kappa shape index (κ1) is 21.4. The molecule has 1 N–H and O–H groups in total. The summed E-state index contributed by atoms with van der Waals surface area (Å²) >= 11 is 0. The number of carbonyl (C=O) groups is 3. The number of nitrogens with zero attached hydrogens (tertiary/aromatic N) is 2. The van der Waals surface area contributed by atoms with Crippen LogP contribution in [0.4, 0.5) is 17.1 Å². The number of rotatable bonds is 7. The molecule has 3 aromatic rings. The highest BCUT2D eigenvalue weighted by Gasteiger charge is 2.19. The fraction of sp³-hybridized carbons (Fsp3) is 0.0870. The van der Waals surface area contributed by atoms with Crippen molar-refractivity contribution in [2.75, 3.05) is 19.0 Å². The van der Waals surface area contributed by atoms with Gasteiger partial charge in [0.15, 0.2) is 6.61 Å². The van der Waals surface area contributed by atoms with Crippen molar-refractivity contribution in [3.63, 3.8) is 0 Å². The Morgan fingerprint density at radius 3 is 1.90 bits per heavy atom. The van der Waals surface area contributed by atoms with E-state index in [1.165, 1.54) is 19.2 Å². The summed E-state index contributed by atoms with van der Waals surface area (Å²) in [5.41, 5.74) is 1.95. The number of hydrogen-bond donors (Lipinski definition) is 1. The third-order valence-electron chi connectivity index (χ3n) is 4.07. The van der Waals surface area contributed by atoms with E-state index < -0.39 is 24.5 Å². The molecular weight excluding hydrogens is 398 g/mol. The van der Waals surface area contributed by atoms with Gasteiger partial charge in [0.05, 0.1) is 29.6 Å². The first-order valence-electron chi connectivity index (χ1n) is 9.28. The van der Waals surface area contributed by atoms with E-state index in [-0.39, 0.29) is 11.1 Å². The van der Waals surface area contributed by atoms with Crippen LogP contribution in [-0.4, -0.2) is 31.6 Å². The van der Waals surface area contributed by atoms with E-state index in [1.54, 1.807) is 36.4 Å². The van der Waals surface area contributed by atoms with Gasteiger partial charge in [-0.2, -0.15) is 10.2 Å². The van der Waals surface area contributed by atoms with Crippen molar-refractivity contribution >= 4 is 34.9 Å². The molecule has 0 aliphatic carbocycles. The second-order valence-corrected chi connectivity index (χ2v) is 6.24. The van der Waals surface area contributed by atoms with Crippen molar-refractivity contribution in [3.05, 3.63) is 90.0 Å². The number of azo groups is 1. The highest BCUT2D eigenvalue weighted by molar-refractivity contribution is 6.04. The van der Waals surface area contributed by atoms with Gasteiger partial charge in [-0.05, 0) is 48.5 Å². The van der Waals surface area contributed by atoms with Gasteiger partial charge in [0, 0.05) is 5.69 Å². The highest BCUT2D eigenvalue weighted by Crippen LogP contribution is 2.20. The summed E-state index contributed by atoms with van der Waals surface area (Å²) in [6, 6.07) is 22.1. The zero-order valence-electron chi connectivity index (χ0n) is 16.6. The summed E-state index contributed by atoms with van der Waals surface area (Å²) in [4.78, 5) is 36.1. The zero-order valence-corrected chi connectivity index (χ0v) is 16.6. The fourth-order valence-corrected chi connectivity index (χ4v) is 2.58. The summed E-state index contributed by atoms with van der Waals surface area (Å²) in [6.45, 7) is -0.510. The van der Waals surface area contributed by atoms with E-state index in [2.05, 4.69) is 20.3 Å². The molecule has 31 heavy (non-hydrogen) atoms. The van der Waals surface area contributed by atoms with Gasteiger partial charge in [0.2, 0.25) is 0 Å². The predicted octanol–water partition coefficient (Wildman–Crippen LogP) is 4.68. The Kier molecular flexibility index (Phi) is 7.21. The Morgan fingerprint density at radius 2 is 1.29 bits per heavy atom. The molecule has 0 atom stereocenters. The second-order valence-electron chi connectivity index (χ2n) is 6.24. The lowest BCUT2D eigenvalue weighted by atomic mass is 10.1. The van der Waals surface area contributed by atoms with E-state index in [0.717, 1.165) is 5.69 Å². The maximum atomic E-state index is 12.2. The second kappa shape index (κ2) is 10.4. The van der Waals surface area contributed by atoms with Crippen molar-refractivity contribution in [3.8, 4) is 0 Å². The predicted molar refractivity (Wildman–Crippen MR) is 114 cm³/mol. The van der Waals surface area contributed by atoms with Gasteiger partial charge in [-0.3, -0.25) is 4.79 Å². The molecule has 3 rings (SSSR count). The van der Waals surface area contributed by atoms with Crippen molar-refractivity contribution in [1.82, 2.24) is 0 Å². The Labute approximate surface area is 178 Å². The normalized spacial score (nSPS) is 10.5. The van der Waals surface area contributed by atoms with E-state index in [0.29, 0.717) is 11.4 Å². The minimum absolute atomic E-state index is 0.0234. The van der Waals surface area contributed by atoms with Crippen LogP contribution < -0.4 is 5.32 Å². The number of anilines is 1. The lowest BCUT2D eigenvalue weighted by Gasteiger charge is -2.09. The van der Waals surface area contributed by atoms with Gasteiger partial charge in [0.1, 0.15) is 0 Å². The van der Waals surface area contributed by atoms with Crippen molar-refractivity contribution in [2.24, 2.45) is 10.2 Å². The van der Waals surface area contributed by atoms with Crippen LogP contribution in [-0.2, 0) is 14.3 Å². The van der Waals surface area contributed by atoms with Gasteiger partial charge in [-0.1, -0.05) is 30.3 Å². The van der Waals surface area contributed by atoms with Gasteiger partial charge in [0.25, 0.3) is 5.91 Å². The molecular formula is C23H19N3O5. The van der Waals surface area contributed by atoms with Crippen LogP contribution in [0.15, 0.2) is 89.1 Å². The average Bonchev–Trinajstić information content (AvgIpc) is 2.82. The quantitative estimate of drug-likeness (QED) is 0.444. The van der Waals surface area contributed by atoms with Crippen LogP contribution in [0.3, 0.4) is 0 Å². The van der Waals surface area contributed by atoms with Gasteiger partial charge < -0.3 is 14.8 Å². The molecule has 0 bridgehead atoms. The summed E-state index contributed by atoms with van der Waals surface area (Å²) in [6.07, 6.45) is 0. The Balaban J connectivity index is 1.54. The molecule has 0 aliphatic heterocycles. The van der Waals surface area contributed by atoms with Crippen LogP contribution in [0, 0.1) is 0 Å². The lowest BCUT2D eigenvalue weighted by Crippen LogP contribution is -2.22. The maximum Gasteiger partial charge on any atom is 0.339 e. The highest BCUT2D eigenvalue weighted by atomic mass is 16.5. The van der Waals surface area contributed by atoms with Crippen LogP contribution in [0.1, 0.15) is 20.7 Å². The molecule has 156 valence electrons. The van der Waals surface area contributed by atoms with Crippen molar-refractivity contribution in [2.45, 2.75) is 0 Å². The molecule has 3 aromatic carbocycles. The Hall–Kier alpha value is -4.33. The number of ether oxygens (including phenoxy) is 2. The molecule has 0 aliphatic rings. The number of methoxy groups -OCH3 is 1. The lowest BCUT2D eigenvalue weighted by molar-refractivity contribution is -0.119. The minimum atomic E-state index is -0.798. The molecule has 0 unspecified atom stereocenters. The van der Waals surface area contributed by atoms with Crippen molar-refractivity contribution in [1.29, 1.82) is 0 Å². The number of nitrogens with one attached hydrogen (secondary N) is 1. The number of amides is 1. The number of hydrogen-bond acceptors (Lipinski definition) is 7. The molecule has 0 saturated carbocycles.